The standard InChI is InChI=1S/C33H34N6O4/c1-3-22-7-11-25(12-8-22)35-33(42)39-16-15-27-26(5-4-6-29(27)39)28-21-37(2)32(41)30(36-28)34-24-13-9-23(10-14-24)31(40)38-17-19-43-20-18-38/h4-14,21H,3,15-20H2,1-2H3,(H,34,36)(H,35,42). The molecule has 2 N–H and O–H groups in total. The number of carbonyl (C=O) groups is 2. The molecule has 3 amide bonds. The normalized spacial score (nSPS) is 14.4. The van der Waals surface area contributed by atoms with Crippen LogP contribution in [0.25, 0.3) is 11.3 Å². The van der Waals surface area contributed by atoms with E-state index in [1.54, 1.807) is 47.3 Å². The number of fused-ring (bicyclic) bond motifs is 1. The van der Waals surface area contributed by atoms with Gasteiger partial charge in [0.1, 0.15) is 0 Å². The van der Waals surface area contributed by atoms with Crippen LogP contribution >= 0.6 is 0 Å². The molecule has 4 aromatic rings. The summed E-state index contributed by atoms with van der Waals surface area (Å²) in [5.41, 5.74) is 6.22. The van der Waals surface area contributed by atoms with E-state index < -0.39 is 0 Å². The maximum absolute atomic E-state index is 13.2. The van der Waals surface area contributed by atoms with E-state index in [4.69, 9.17) is 9.72 Å². The second-order valence-electron chi connectivity index (χ2n) is 10.7. The van der Waals surface area contributed by atoms with Gasteiger partial charge in [-0.05, 0) is 66.4 Å². The number of hydrogen-bond acceptors (Lipinski definition) is 6. The first-order valence-corrected chi connectivity index (χ1v) is 14.5. The number of ether oxygens (including phenoxy) is 1. The highest BCUT2D eigenvalue weighted by molar-refractivity contribution is 6.04. The van der Waals surface area contributed by atoms with Gasteiger partial charge in [-0.2, -0.15) is 0 Å². The van der Waals surface area contributed by atoms with Crippen molar-refractivity contribution >= 4 is 34.8 Å². The van der Waals surface area contributed by atoms with Crippen molar-refractivity contribution < 1.29 is 14.3 Å². The predicted octanol–water partition coefficient (Wildman–Crippen LogP) is 4.82. The summed E-state index contributed by atoms with van der Waals surface area (Å²) in [6.07, 6.45) is 3.32. The number of amides is 3. The first-order chi connectivity index (χ1) is 20.9. The fraction of sp³-hybridized carbons (Fsp3) is 0.273. The van der Waals surface area contributed by atoms with E-state index in [0.29, 0.717) is 56.2 Å². The predicted molar refractivity (Wildman–Crippen MR) is 167 cm³/mol. The summed E-state index contributed by atoms with van der Waals surface area (Å²) in [7, 11) is 1.69. The Morgan fingerprint density at radius 2 is 1.65 bits per heavy atom. The highest BCUT2D eigenvalue weighted by Gasteiger charge is 2.28. The second kappa shape index (κ2) is 12.1. The SMILES string of the molecule is CCc1ccc(NC(=O)N2CCc3c(-c4cn(C)c(=O)c(Nc5ccc(C(=O)N6CCOCC6)cc5)n4)cccc32)cc1. The van der Waals surface area contributed by atoms with Crippen LogP contribution in [0.3, 0.4) is 0 Å². The molecule has 10 heteroatoms. The number of anilines is 4. The number of nitrogens with one attached hydrogen (secondary N) is 2. The lowest BCUT2D eigenvalue weighted by Crippen LogP contribution is -2.40. The molecule has 0 radical (unpaired) electrons. The molecule has 0 spiro atoms. The Labute approximate surface area is 249 Å². The van der Waals surface area contributed by atoms with Gasteiger partial charge in [0.2, 0.25) is 0 Å². The first kappa shape index (κ1) is 28.2. The van der Waals surface area contributed by atoms with Crippen LogP contribution in [0.4, 0.5) is 27.7 Å². The van der Waals surface area contributed by atoms with Crippen LogP contribution in [0.2, 0.25) is 0 Å². The highest BCUT2D eigenvalue weighted by Crippen LogP contribution is 2.36. The van der Waals surface area contributed by atoms with Crippen molar-refractivity contribution in [3.8, 4) is 11.3 Å². The Morgan fingerprint density at radius 1 is 0.930 bits per heavy atom. The number of hydrogen-bond donors (Lipinski definition) is 2. The lowest BCUT2D eigenvalue weighted by Gasteiger charge is -2.26. The summed E-state index contributed by atoms with van der Waals surface area (Å²) in [5.74, 6) is 0.133. The lowest BCUT2D eigenvalue weighted by atomic mass is 10.0. The van der Waals surface area contributed by atoms with Gasteiger partial charge in [-0.1, -0.05) is 31.2 Å². The fourth-order valence-corrected chi connectivity index (χ4v) is 5.50. The third-order valence-corrected chi connectivity index (χ3v) is 7.93. The van der Waals surface area contributed by atoms with Crippen LogP contribution in [0.1, 0.15) is 28.4 Å². The zero-order chi connectivity index (χ0) is 29.9. The van der Waals surface area contributed by atoms with Crippen molar-refractivity contribution in [3.63, 3.8) is 0 Å². The molecule has 1 fully saturated rings. The number of aromatic nitrogens is 2. The molecule has 0 bridgehead atoms. The van der Waals surface area contributed by atoms with Crippen molar-refractivity contribution in [2.24, 2.45) is 7.05 Å². The van der Waals surface area contributed by atoms with Crippen molar-refractivity contribution in [3.05, 3.63) is 100.0 Å². The van der Waals surface area contributed by atoms with E-state index in [0.717, 1.165) is 28.9 Å². The number of morpholine rings is 1. The molecule has 6 rings (SSSR count). The van der Waals surface area contributed by atoms with Crippen LogP contribution in [0.15, 0.2) is 77.7 Å². The average molecular weight is 579 g/mol. The van der Waals surface area contributed by atoms with E-state index in [1.807, 2.05) is 42.5 Å². The van der Waals surface area contributed by atoms with Gasteiger partial charge < -0.3 is 24.8 Å². The summed E-state index contributed by atoms with van der Waals surface area (Å²) in [4.78, 5) is 47.3. The maximum Gasteiger partial charge on any atom is 0.326 e. The number of aryl methyl sites for hydroxylation is 2. The number of urea groups is 1. The quantitative estimate of drug-likeness (QED) is 0.340. The zero-order valence-electron chi connectivity index (χ0n) is 24.3. The first-order valence-electron chi connectivity index (χ1n) is 14.5. The Balaban J connectivity index is 1.22. The zero-order valence-corrected chi connectivity index (χ0v) is 24.3. The van der Waals surface area contributed by atoms with E-state index in [1.165, 1.54) is 10.1 Å². The summed E-state index contributed by atoms with van der Waals surface area (Å²) in [5, 5.41) is 6.14. The van der Waals surface area contributed by atoms with Crippen molar-refractivity contribution in [1.29, 1.82) is 0 Å². The summed E-state index contributed by atoms with van der Waals surface area (Å²) >= 11 is 0. The van der Waals surface area contributed by atoms with E-state index in [-0.39, 0.29) is 23.3 Å². The molecule has 3 aromatic carbocycles. The van der Waals surface area contributed by atoms with Gasteiger partial charge in [0.05, 0.1) is 18.9 Å². The van der Waals surface area contributed by atoms with Crippen molar-refractivity contribution in [2.75, 3.05) is 48.4 Å². The molecule has 0 atom stereocenters. The summed E-state index contributed by atoms with van der Waals surface area (Å²) in [6, 6.07) is 20.5. The van der Waals surface area contributed by atoms with Gasteiger partial charge in [-0.3, -0.25) is 14.5 Å². The molecule has 2 aliphatic heterocycles. The van der Waals surface area contributed by atoms with Crippen molar-refractivity contribution in [2.45, 2.75) is 19.8 Å². The third-order valence-electron chi connectivity index (χ3n) is 7.93. The molecule has 1 saturated heterocycles. The molecular weight excluding hydrogens is 544 g/mol. The molecule has 0 saturated carbocycles. The topological polar surface area (TPSA) is 109 Å². The minimum Gasteiger partial charge on any atom is -0.378 e. The van der Waals surface area contributed by atoms with Crippen LogP contribution in [-0.2, 0) is 24.6 Å². The van der Waals surface area contributed by atoms with Gasteiger partial charge in [-0.15, -0.1) is 0 Å². The van der Waals surface area contributed by atoms with Crippen LogP contribution in [-0.4, -0.2) is 59.2 Å². The third kappa shape index (κ3) is 5.87. The maximum atomic E-state index is 13.2. The Bertz CT molecular complexity index is 1710. The second-order valence-corrected chi connectivity index (χ2v) is 10.7. The molecule has 0 aliphatic carbocycles. The summed E-state index contributed by atoms with van der Waals surface area (Å²) in [6.45, 7) is 4.87. The van der Waals surface area contributed by atoms with Crippen LogP contribution < -0.4 is 21.1 Å². The molecule has 3 heterocycles. The number of benzene rings is 3. The minimum absolute atomic E-state index is 0.0408. The Morgan fingerprint density at radius 3 is 2.37 bits per heavy atom. The van der Waals surface area contributed by atoms with Gasteiger partial charge >= 0.3 is 6.03 Å². The molecular formula is C33H34N6O4. The van der Waals surface area contributed by atoms with Gasteiger partial charge in [0.25, 0.3) is 11.5 Å². The van der Waals surface area contributed by atoms with E-state index in [9.17, 15) is 14.4 Å². The Hall–Kier alpha value is -4.96. The largest absolute Gasteiger partial charge is 0.378 e. The molecule has 2 aliphatic rings. The van der Waals surface area contributed by atoms with E-state index in [2.05, 4.69) is 17.6 Å². The number of rotatable bonds is 6. The fourth-order valence-electron chi connectivity index (χ4n) is 5.50. The number of nitrogens with zero attached hydrogens (tertiary/aromatic N) is 4. The van der Waals surface area contributed by atoms with Gasteiger partial charge in [-0.25, -0.2) is 9.78 Å². The monoisotopic (exact) mass is 578 g/mol. The van der Waals surface area contributed by atoms with E-state index >= 15 is 0 Å². The van der Waals surface area contributed by atoms with Gasteiger partial charge in [0, 0.05) is 61.1 Å². The van der Waals surface area contributed by atoms with Gasteiger partial charge in [0.15, 0.2) is 5.82 Å². The number of carbonyl (C=O) groups excluding carboxylic acids is 2. The average Bonchev–Trinajstić information content (AvgIpc) is 3.49. The lowest BCUT2D eigenvalue weighted by molar-refractivity contribution is 0.0303. The minimum atomic E-state index is -0.278. The molecule has 1 aromatic heterocycles. The molecule has 10 nitrogen and oxygen atoms in total. The Kier molecular flexibility index (Phi) is 7.93. The molecule has 43 heavy (non-hydrogen) atoms. The molecule has 0 unspecified atom stereocenters. The van der Waals surface area contributed by atoms with Crippen LogP contribution in [0, 0.1) is 0 Å². The highest BCUT2D eigenvalue weighted by atomic mass is 16.5. The van der Waals surface area contributed by atoms with Crippen LogP contribution in [0.5, 0.6) is 0 Å². The summed E-state index contributed by atoms with van der Waals surface area (Å²) < 4.78 is 6.84. The smallest absolute Gasteiger partial charge is 0.326 e. The molecule has 220 valence electrons. The van der Waals surface area contributed by atoms with Crippen molar-refractivity contribution in [1.82, 2.24) is 14.5 Å².